The van der Waals surface area contributed by atoms with Gasteiger partial charge in [-0.3, -0.25) is 4.79 Å². The van der Waals surface area contributed by atoms with Crippen molar-refractivity contribution in [2.45, 2.75) is 36.3 Å². The second-order valence-electron chi connectivity index (χ2n) is 7.76. The third-order valence-electron chi connectivity index (χ3n) is 6.03. The van der Waals surface area contributed by atoms with Crippen LogP contribution in [0.3, 0.4) is 0 Å². The minimum absolute atomic E-state index is 0.0352. The van der Waals surface area contributed by atoms with E-state index < -0.39 is 0 Å². The van der Waals surface area contributed by atoms with Crippen LogP contribution in [0.4, 0.5) is 5.69 Å². The quantitative estimate of drug-likeness (QED) is 0.512. The molecule has 3 aromatic rings. The molecule has 0 spiro atoms. The van der Waals surface area contributed by atoms with Crippen molar-refractivity contribution in [3.63, 3.8) is 0 Å². The third kappa shape index (κ3) is 3.01. The Morgan fingerprint density at radius 2 is 1.62 bits per heavy atom. The zero-order valence-corrected chi connectivity index (χ0v) is 17.4. The van der Waals surface area contributed by atoms with E-state index in [-0.39, 0.29) is 11.0 Å². The maximum atomic E-state index is 13.4. The monoisotopic (exact) mass is 397 g/mol. The molecule has 0 unspecified atom stereocenters. The van der Waals surface area contributed by atoms with Gasteiger partial charge in [-0.25, -0.2) is 0 Å². The number of carbonyl (C=O) groups is 1. The van der Waals surface area contributed by atoms with Gasteiger partial charge < -0.3 is 5.32 Å². The Morgan fingerprint density at radius 3 is 2.38 bits per heavy atom. The molecule has 29 heavy (non-hydrogen) atoms. The maximum absolute atomic E-state index is 13.4. The Morgan fingerprint density at radius 1 is 0.931 bits per heavy atom. The molecule has 1 aliphatic heterocycles. The van der Waals surface area contributed by atoms with Gasteiger partial charge in [0, 0.05) is 21.6 Å². The van der Waals surface area contributed by atoms with Gasteiger partial charge in [-0.05, 0) is 35.6 Å². The van der Waals surface area contributed by atoms with Crippen LogP contribution in [0.15, 0.2) is 83.3 Å². The van der Waals surface area contributed by atoms with E-state index in [1.807, 2.05) is 30.3 Å². The molecular weight excluding hydrogens is 374 g/mol. The molecular formula is C26H23NOS. The third-order valence-corrected chi connectivity index (χ3v) is 7.38. The van der Waals surface area contributed by atoms with Gasteiger partial charge in [0.15, 0.2) is 5.78 Å². The van der Waals surface area contributed by atoms with Crippen LogP contribution in [0.5, 0.6) is 0 Å². The van der Waals surface area contributed by atoms with E-state index in [0.717, 1.165) is 34.5 Å². The van der Waals surface area contributed by atoms with Gasteiger partial charge in [0.05, 0.1) is 16.6 Å². The number of hydrogen-bond donors (Lipinski definition) is 1. The van der Waals surface area contributed by atoms with Gasteiger partial charge in [-0.15, -0.1) is 11.8 Å². The van der Waals surface area contributed by atoms with E-state index in [2.05, 4.69) is 61.6 Å². The lowest BCUT2D eigenvalue weighted by Crippen LogP contribution is -2.07. The Hall–Kier alpha value is -2.78. The summed E-state index contributed by atoms with van der Waals surface area (Å²) < 4.78 is 0. The van der Waals surface area contributed by atoms with Gasteiger partial charge >= 0.3 is 0 Å². The number of fused-ring (bicyclic) bond motifs is 3. The van der Waals surface area contributed by atoms with Crippen LogP contribution in [-0.2, 0) is 0 Å². The van der Waals surface area contributed by atoms with Crippen LogP contribution < -0.4 is 5.32 Å². The number of anilines is 1. The highest BCUT2D eigenvalue weighted by atomic mass is 32.2. The van der Waals surface area contributed by atoms with Crippen molar-refractivity contribution in [2.75, 3.05) is 5.32 Å². The van der Waals surface area contributed by atoms with Gasteiger partial charge in [-0.2, -0.15) is 0 Å². The van der Waals surface area contributed by atoms with Gasteiger partial charge in [0.25, 0.3) is 0 Å². The molecule has 0 amide bonds. The fourth-order valence-corrected chi connectivity index (χ4v) is 5.44. The number of para-hydroxylation sites is 1. The summed E-state index contributed by atoms with van der Waals surface area (Å²) in [5.41, 5.74) is 7.21. The Bertz CT molecular complexity index is 1130. The van der Waals surface area contributed by atoms with Crippen molar-refractivity contribution < 1.29 is 4.79 Å². The SMILES string of the molecule is CC[C@@H](C)c1ccc([C@H]2Sc3ccccc3NC3=C2C(=O)c2ccccc23)cc1. The standard InChI is InChI=1S/C26H23NOS/c1-3-16(2)17-12-14-18(15-13-17)26-23-24(19-8-4-5-9-20(19)25(23)28)27-21-10-6-7-11-22(21)29-26/h4-16,26-27H,3H2,1-2H3/t16-,26-/m1/s1. The molecule has 1 N–H and O–H groups in total. The van der Waals surface area contributed by atoms with Crippen LogP contribution in [-0.4, -0.2) is 5.78 Å². The highest BCUT2D eigenvalue weighted by molar-refractivity contribution is 8.00. The summed E-state index contributed by atoms with van der Waals surface area (Å²) >= 11 is 1.76. The van der Waals surface area contributed by atoms with Crippen molar-refractivity contribution >= 4 is 28.9 Å². The second-order valence-corrected chi connectivity index (χ2v) is 8.91. The summed E-state index contributed by atoms with van der Waals surface area (Å²) in [4.78, 5) is 14.6. The first-order chi connectivity index (χ1) is 14.2. The molecule has 2 nitrogen and oxygen atoms in total. The molecule has 0 fully saturated rings. The summed E-state index contributed by atoms with van der Waals surface area (Å²) in [6, 6.07) is 25.1. The normalized spacial score (nSPS) is 18.4. The number of nitrogens with one attached hydrogen (secondary N) is 1. The van der Waals surface area contributed by atoms with Crippen molar-refractivity contribution in [1.82, 2.24) is 0 Å². The summed E-state index contributed by atoms with van der Waals surface area (Å²) in [6.07, 6.45) is 1.12. The fourth-order valence-electron chi connectivity index (χ4n) is 4.15. The molecule has 1 aliphatic carbocycles. The molecule has 1 heterocycles. The highest BCUT2D eigenvalue weighted by Crippen LogP contribution is 2.52. The van der Waals surface area contributed by atoms with Gasteiger partial charge in [0.2, 0.25) is 0 Å². The Kier molecular flexibility index (Phi) is 4.56. The van der Waals surface area contributed by atoms with Gasteiger partial charge in [0.1, 0.15) is 0 Å². The van der Waals surface area contributed by atoms with Crippen LogP contribution in [0, 0.1) is 0 Å². The minimum Gasteiger partial charge on any atom is -0.354 e. The minimum atomic E-state index is -0.0352. The van der Waals surface area contributed by atoms with Crippen LogP contribution >= 0.6 is 11.8 Å². The number of ketones is 1. The lowest BCUT2D eigenvalue weighted by atomic mass is 9.95. The smallest absolute Gasteiger partial charge is 0.193 e. The number of thioether (sulfide) groups is 1. The first kappa shape index (κ1) is 18.3. The number of hydrogen-bond acceptors (Lipinski definition) is 3. The topological polar surface area (TPSA) is 29.1 Å². The summed E-state index contributed by atoms with van der Waals surface area (Å²) in [5, 5.41) is 3.55. The summed E-state index contributed by atoms with van der Waals surface area (Å²) in [5.74, 6) is 0.680. The van der Waals surface area contributed by atoms with Crippen LogP contribution in [0.2, 0.25) is 0 Å². The van der Waals surface area contributed by atoms with Gasteiger partial charge in [-0.1, -0.05) is 74.5 Å². The van der Waals surface area contributed by atoms with Crippen molar-refractivity contribution in [1.29, 1.82) is 0 Å². The number of Topliss-reactive ketones (excluding diaryl/α,β-unsaturated/α-hetero) is 1. The molecule has 0 radical (unpaired) electrons. The van der Waals surface area contributed by atoms with Crippen LogP contribution in [0.1, 0.15) is 58.5 Å². The molecule has 2 atom stereocenters. The van der Waals surface area contributed by atoms with E-state index in [1.165, 1.54) is 16.0 Å². The van der Waals surface area contributed by atoms with E-state index in [0.29, 0.717) is 5.92 Å². The predicted molar refractivity (Wildman–Crippen MR) is 122 cm³/mol. The second kappa shape index (κ2) is 7.23. The molecule has 0 saturated heterocycles. The maximum Gasteiger partial charge on any atom is 0.193 e. The molecule has 3 aromatic carbocycles. The van der Waals surface area contributed by atoms with Crippen LogP contribution in [0.25, 0.3) is 5.70 Å². The Labute approximate surface area is 176 Å². The zero-order chi connectivity index (χ0) is 20.0. The molecule has 3 heteroatoms. The van der Waals surface area contributed by atoms with Crippen molar-refractivity contribution in [3.05, 3.63) is 101 Å². The molecule has 0 aromatic heterocycles. The predicted octanol–water partition coefficient (Wildman–Crippen LogP) is 7.07. The zero-order valence-electron chi connectivity index (χ0n) is 16.6. The van der Waals surface area contributed by atoms with Crippen molar-refractivity contribution in [2.24, 2.45) is 0 Å². The van der Waals surface area contributed by atoms with E-state index >= 15 is 0 Å². The lowest BCUT2D eigenvalue weighted by molar-refractivity contribution is 0.103. The largest absolute Gasteiger partial charge is 0.354 e. The fraction of sp³-hybridized carbons (Fsp3) is 0.192. The average molecular weight is 398 g/mol. The highest BCUT2D eigenvalue weighted by Gasteiger charge is 2.38. The van der Waals surface area contributed by atoms with Crippen molar-refractivity contribution in [3.8, 4) is 0 Å². The lowest BCUT2D eigenvalue weighted by Gasteiger charge is -2.18. The van der Waals surface area contributed by atoms with E-state index in [9.17, 15) is 4.79 Å². The molecule has 144 valence electrons. The van der Waals surface area contributed by atoms with E-state index in [4.69, 9.17) is 0 Å². The Balaban J connectivity index is 1.66. The molecule has 0 bridgehead atoms. The first-order valence-electron chi connectivity index (χ1n) is 10.2. The summed E-state index contributed by atoms with van der Waals surface area (Å²) in [7, 11) is 0. The molecule has 2 aliphatic rings. The summed E-state index contributed by atoms with van der Waals surface area (Å²) in [6.45, 7) is 4.47. The number of rotatable bonds is 3. The number of carbonyl (C=O) groups excluding carboxylic acids is 1. The van der Waals surface area contributed by atoms with E-state index in [1.54, 1.807) is 11.8 Å². The number of benzene rings is 3. The first-order valence-corrected chi connectivity index (χ1v) is 11.1. The average Bonchev–Trinajstić information content (AvgIpc) is 2.94. The molecule has 0 saturated carbocycles. The molecule has 5 rings (SSSR count).